The lowest BCUT2D eigenvalue weighted by molar-refractivity contribution is 0.225. The van der Waals surface area contributed by atoms with Gasteiger partial charge in [-0.1, -0.05) is 12.1 Å². The monoisotopic (exact) mass is 266 g/mol. The summed E-state index contributed by atoms with van der Waals surface area (Å²) in [5.41, 5.74) is 1.05. The number of ether oxygens (including phenoxy) is 1. The highest BCUT2D eigenvalue weighted by Gasteiger charge is 2.35. The molecule has 2 heterocycles. The van der Waals surface area contributed by atoms with E-state index in [0.717, 1.165) is 29.0 Å². The van der Waals surface area contributed by atoms with Crippen LogP contribution in [-0.4, -0.2) is 31.1 Å². The van der Waals surface area contributed by atoms with Crippen LogP contribution < -0.4 is 5.32 Å². The van der Waals surface area contributed by atoms with Gasteiger partial charge in [-0.15, -0.1) is 0 Å². The molecule has 1 N–H and O–H groups in total. The van der Waals surface area contributed by atoms with E-state index in [9.17, 15) is 0 Å². The summed E-state index contributed by atoms with van der Waals surface area (Å²) in [6.45, 7) is 1.83. The van der Waals surface area contributed by atoms with Gasteiger partial charge in [-0.3, -0.25) is 0 Å². The van der Waals surface area contributed by atoms with Crippen molar-refractivity contribution in [1.29, 1.82) is 0 Å². The molecule has 0 aromatic heterocycles. The first kappa shape index (κ1) is 9.36. The van der Waals surface area contributed by atoms with Gasteiger partial charge < -0.3 is 10.1 Å². The minimum Gasteiger partial charge on any atom is -0.470 e. The number of hydrogen-bond donors (Lipinski definition) is 1. The zero-order valence-electron chi connectivity index (χ0n) is 8.11. The van der Waals surface area contributed by atoms with Gasteiger partial charge in [-0.05, 0) is 28.1 Å². The molecule has 15 heavy (non-hydrogen) atoms. The molecular weight excluding hydrogens is 256 g/mol. The second-order valence-corrected chi connectivity index (χ2v) is 4.65. The first-order chi connectivity index (χ1) is 7.34. The smallest absolute Gasteiger partial charge is 0.218 e. The van der Waals surface area contributed by atoms with E-state index in [2.05, 4.69) is 26.2 Å². The lowest BCUT2D eigenvalue weighted by Crippen LogP contribution is -2.20. The van der Waals surface area contributed by atoms with Gasteiger partial charge in [0.1, 0.15) is 12.1 Å². The maximum absolute atomic E-state index is 5.81. The van der Waals surface area contributed by atoms with Crippen LogP contribution in [0.25, 0.3) is 0 Å². The van der Waals surface area contributed by atoms with Gasteiger partial charge in [0, 0.05) is 17.6 Å². The molecule has 1 aromatic carbocycles. The molecule has 4 heteroatoms. The van der Waals surface area contributed by atoms with Gasteiger partial charge in [0.05, 0.1) is 5.56 Å². The fourth-order valence-electron chi connectivity index (χ4n) is 1.98. The predicted molar refractivity (Wildman–Crippen MR) is 62.2 cm³/mol. The lowest BCUT2D eigenvalue weighted by Gasteiger charge is -2.08. The number of rotatable bonds is 1. The fourth-order valence-corrected chi connectivity index (χ4v) is 2.44. The molecule has 3 nitrogen and oxygen atoms in total. The molecule has 2 unspecified atom stereocenters. The Morgan fingerprint density at radius 3 is 3.00 bits per heavy atom. The third-order valence-corrected chi connectivity index (χ3v) is 3.47. The molecule has 2 aliphatic rings. The van der Waals surface area contributed by atoms with Gasteiger partial charge in [0.2, 0.25) is 5.90 Å². The van der Waals surface area contributed by atoms with Crippen LogP contribution in [0, 0.1) is 0 Å². The molecule has 0 saturated carbocycles. The fraction of sp³-hybridized carbons (Fsp3) is 0.364. The average molecular weight is 267 g/mol. The third kappa shape index (κ3) is 1.58. The molecule has 0 bridgehead atoms. The van der Waals surface area contributed by atoms with Gasteiger partial charge in [0.25, 0.3) is 0 Å². The summed E-state index contributed by atoms with van der Waals surface area (Å²) in [4.78, 5) is 4.58. The molecule has 2 atom stereocenters. The van der Waals surface area contributed by atoms with Crippen LogP contribution >= 0.6 is 15.9 Å². The van der Waals surface area contributed by atoms with Crippen LogP contribution in [0.5, 0.6) is 0 Å². The molecule has 1 saturated heterocycles. The van der Waals surface area contributed by atoms with Crippen molar-refractivity contribution in [2.45, 2.75) is 12.1 Å². The van der Waals surface area contributed by atoms with Gasteiger partial charge in [-0.2, -0.15) is 0 Å². The molecule has 0 aliphatic carbocycles. The van der Waals surface area contributed by atoms with Crippen LogP contribution in [0.3, 0.4) is 0 Å². The average Bonchev–Trinajstić information content (AvgIpc) is 2.77. The third-order valence-electron chi connectivity index (χ3n) is 2.78. The first-order valence-electron chi connectivity index (χ1n) is 5.04. The van der Waals surface area contributed by atoms with Crippen molar-refractivity contribution >= 4 is 21.8 Å². The van der Waals surface area contributed by atoms with Crippen LogP contribution in [0.15, 0.2) is 33.7 Å². The Balaban J connectivity index is 1.93. The van der Waals surface area contributed by atoms with Crippen molar-refractivity contribution in [3.63, 3.8) is 0 Å². The Hall–Kier alpha value is -0.870. The van der Waals surface area contributed by atoms with Crippen LogP contribution in [-0.2, 0) is 4.74 Å². The highest BCUT2D eigenvalue weighted by Crippen LogP contribution is 2.24. The number of aliphatic imine (C=N–C) groups is 1. The highest BCUT2D eigenvalue weighted by molar-refractivity contribution is 9.10. The summed E-state index contributed by atoms with van der Waals surface area (Å²) in [6, 6.07) is 8.32. The van der Waals surface area contributed by atoms with Gasteiger partial charge >= 0.3 is 0 Å². The molecular formula is C11H11BrN2O. The van der Waals surface area contributed by atoms with Crippen LogP contribution in [0.1, 0.15) is 5.56 Å². The molecule has 0 spiro atoms. The Morgan fingerprint density at radius 1 is 1.33 bits per heavy atom. The standard InChI is InChI=1S/C11H11BrN2O/c12-8-4-2-1-3-7(8)11-14-9-5-13-6-10(9)15-11/h1-4,9-10,13H,5-6H2. The number of fused-ring (bicyclic) bond motifs is 1. The lowest BCUT2D eigenvalue weighted by atomic mass is 10.2. The van der Waals surface area contributed by atoms with Crippen molar-refractivity contribution in [2.24, 2.45) is 4.99 Å². The zero-order valence-corrected chi connectivity index (χ0v) is 9.70. The van der Waals surface area contributed by atoms with E-state index in [1.807, 2.05) is 24.3 Å². The molecule has 1 aromatic rings. The van der Waals surface area contributed by atoms with E-state index in [-0.39, 0.29) is 6.10 Å². The molecule has 78 valence electrons. The molecule has 2 aliphatic heterocycles. The Morgan fingerprint density at radius 2 is 2.20 bits per heavy atom. The predicted octanol–water partition coefficient (Wildman–Crippen LogP) is 1.57. The van der Waals surface area contributed by atoms with Crippen molar-refractivity contribution in [3.8, 4) is 0 Å². The first-order valence-corrected chi connectivity index (χ1v) is 5.84. The van der Waals surface area contributed by atoms with E-state index in [1.165, 1.54) is 0 Å². The van der Waals surface area contributed by atoms with E-state index in [4.69, 9.17) is 4.74 Å². The SMILES string of the molecule is Brc1ccccc1C1=NC2CNCC2O1. The normalized spacial score (nSPS) is 28.5. The molecule has 0 amide bonds. The highest BCUT2D eigenvalue weighted by atomic mass is 79.9. The topological polar surface area (TPSA) is 33.6 Å². The maximum Gasteiger partial charge on any atom is 0.218 e. The number of halogens is 1. The summed E-state index contributed by atoms with van der Waals surface area (Å²) in [7, 11) is 0. The quantitative estimate of drug-likeness (QED) is 0.837. The summed E-state index contributed by atoms with van der Waals surface area (Å²) in [5.74, 6) is 0.777. The largest absolute Gasteiger partial charge is 0.470 e. The van der Waals surface area contributed by atoms with Crippen molar-refractivity contribution in [1.82, 2.24) is 5.32 Å². The number of hydrogen-bond acceptors (Lipinski definition) is 3. The van der Waals surface area contributed by atoms with Gasteiger partial charge in [0.15, 0.2) is 0 Å². The Kier molecular flexibility index (Phi) is 2.25. The second-order valence-electron chi connectivity index (χ2n) is 3.80. The number of nitrogens with one attached hydrogen (secondary N) is 1. The number of benzene rings is 1. The van der Waals surface area contributed by atoms with Crippen molar-refractivity contribution in [3.05, 3.63) is 34.3 Å². The number of nitrogens with zero attached hydrogens (tertiary/aromatic N) is 1. The minimum atomic E-state index is 0.229. The van der Waals surface area contributed by atoms with Crippen molar-refractivity contribution in [2.75, 3.05) is 13.1 Å². The van der Waals surface area contributed by atoms with Crippen LogP contribution in [0.4, 0.5) is 0 Å². The summed E-state index contributed by atoms with van der Waals surface area (Å²) >= 11 is 3.51. The maximum atomic E-state index is 5.81. The second kappa shape index (κ2) is 3.61. The van der Waals surface area contributed by atoms with E-state index < -0.39 is 0 Å². The summed E-state index contributed by atoms with van der Waals surface area (Å²) in [6.07, 6.45) is 0.229. The molecule has 3 rings (SSSR count). The Labute approximate surface area is 96.7 Å². The van der Waals surface area contributed by atoms with E-state index >= 15 is 0 Å². The van der Waals surface area contributed by atoms with Gasteiger partial charge in [-0.25, -0.2) is 4.99 Å². The minimum absolute atomic E-state index is 0.229. The van der Waals surface area contributed by atoms with Crippen molar-refractivity contribution < 1.29 is 4.74 Å². The van der Waals surface area contributed by atoms with E-state index in [1.54, 1.807) is 0 Å². The van der Waals surface area contributed by atoms with Crippen LogP contribution in [0.2, 0.25) is 0 Å². The summed E-state index contributed by atoms with van der Waals surface area (Å²) in [5, 5.41) is 3.27. The van der Waals surface area contributed by atoms with E-state index in [0.29, 0.717) is 6.04 Å². The zero-order chi connectivity index (χ0) is 10.3. The molecule has 0 radical (unpaired) electrons. The molecule has 1 fully saturated rings. The Bertz CT molecular complexity index is 419. The summed E-state index contributed by atoms with van der Waals surface area (Å²) < 4.78 is 6.85.